The van der Waals surface area contributed by atoms with Crippen molar-refractivity contribution in [2.75, 3.05) is 33.0 Å². The Hall–Kier alpha value is -4.04. The van der Waals surface area contributed by atoms with Crippen molar-refractivity contribution in [3.8, 4) is 23.1 Å². The highest BCUT2D eigenvalue weighted by atomic mass is 19.3. The van der Waals surface area contributed by atoms with Crippen LogP contribution in [0.4, 0.5) is 19.0 Å². The van der Waals surface area contributed by atoms with E-state index in [1.165, 1.54) is 24.1 Å². The molecule has 1 atom stereocenters. The first-order valence-electron chi connectivity index (χ1n) is 10.7. The Balaban J connectivity index is 1.53. The van der Waals surface area contributed by atoms with E-state index < -0.39 is 30.2 Å². The van der Waals surface area contributed by atoms with Crippen molar-refractivity contribution in [1.29, 1.82) is 5.26 Å². The molecule has 2 heterocycles. The summed E-state index contributed by atoms with van der Waals surface area (Å²) in [6.45, 7) is -0.227. The van der Waals surface area contributed by atoms with E-state index in [9.17, 15) is 23.2 Å². The second-order valence-corrected chi connectivity index (χ2v) is 8.36. The third-order valence-corrected chi connectivity index (χ3v) is 5.89. The van der Waals surface area contributed by atoms with Crippen molar-refractivity contribution >= 4 is 11.7 Å². The molecule has 35 heavy (non-hydrogen) atoms. The normalized spacial score (nSPS) is 17.2. The number of hydrogen-bond acceptors (Lipinski definition) is 6. The predicted molar refractivity (Wildman–Crippen MR) is 122 cm³/mol. The average molecular weight is 484 g/mol. The molecule has 0 bridgehead atoms. The number of nitrogens with one attached hydrogen (secondary N) is 1. The number of likely N-dealkylation sites (N-methyl/N-ethyl adjacent to an activating group) is 1. The van der Waals surface area contributed by atoms with E-state index in [4.69, 9.17) is 10.5 Å². The molecule has 4 rings (SSSR count). The number of anilines is 1. The Morgan fingerprint density at radius 1 is 1.31 bits per heavy atom. The van der Waals surface area contributed by atoms with Crippen molar-refractivity contribution in [2.45, 2.75) is 18.5 Å². The van der Waals surface area contributed by atoms with E-state index in [1.54, 1.807) is 31.3 Å². The van der Waals surface area contributed by atoms with Crippen molar-refractivity contribution in [2.24, 2.45) is 0 Å². The molecule has 1 aliphatic rings. The number of nitrogen functional groups attached to an aromatic ring is 1. The molecule has 0 saturated carbocycles. The standard InChI is InChI=1S/C24H23F3N6O2/c1-32-12-20(24(26,27)13-32)33-22(29)18(10-28)21(31-33)15-5-3-14(4-6-15)11-30-23(34)17-9-16(25)7-8-19(17)35-2/h3-9,20H,11-13,29H2,1-2H3,(H,30,34). The molecule has 1 saturated heterocycles. The van der Waals surface area contributed by atoms with Gasteiger partial charge in [-0.15, -0.1) is 0 Å². The predicted octanol–water partition coefficient (Wildman–Crippen LogP) is 3.20. The zero-order chi connectivity index (χ0) is 25.3. The van der Waals surface area contributed by atoms with Gasteiger partial charge in [-0.05, 0) is 30.8 Å². The number of aromatic nitrogens is 2. The number of nitrogens with two attached hydrogens (primary N) is 1. The van der Waals surface area contributed by atoms with Gasteiger partial charge < -0.3 is 15.8 Å². The van der Waals surface area contributed by atoms with Crippen molar-refractivity contribution in [3.63, 3.8) is 0 Å². The van der Waals surface area contributed by atoms with Crippen LogP contribution in [0, 0.1) is 17.1 Å². The van der Waals surface area contributed by atoms with Crippen LogP contribution >= 0.6 is 0 Å². The molecular weight excluding hydrogens is 461 g/mol. The third-order valence-electron chi connectivity index (χ3n) is 5.89. The van der Waals surface area contributed by atoms with Crippen LogP contribution in [0.1, 0.15) is 27.5 Å². The summed E-state index contributed by atoms with van der Waals surface area (Å²) in [4.78, 5) is 14.0. The van der Waals surface area contributed by atoms with E-state index in [1.807, 2.05) is 6.07 Å². The molecule has 1 aromatic heterocycles. The van der Waals surface area contributed by atoms with Gasteiger partial charge >= 0.3 is 0 Å². The number of ether oxygens (including phenoxy) is 1. The fourth-order valence-electron chi connectivity index (χ4n) is 4.13. The van der Waals surface area contributed by atoms with Gasteiger partial charge in [0.2, 0.25) is 0 Å². The maximum Gasteiger partial charge on any atom is 0.283 e. The van der Waals surface area contributed by atoms with Crippen LogP contribution in [0.15, 0.2) is 42.5 Å². The van der Waals surface area contributed by atoms with Crippen LogP contribution in [0.25, 0.3) is 11.3 Å². The summed E-state index contributed by atoms with van der Waals surface area (Å²) in [6, 6.07) is 11.1. The smallest absolute Gasteiger partial charge is 0.283 e. The van der Waals surface area contributed by atoms with Crippen LogP contribution in [0.2, 0.25) is 0 Å². The van der Waals surface area contributed by atoms with Crippen molar-refractivity contribution in [1.82, 2.24) is 20.0 Å². The number of hydrogen-bond donors (Lipinski definition) is 2. The molecule has 1 fully saturated rings. The van der Waals surface area contributed by atoms with Gasteiger partial charge in [0, 0.05) is 18.7 Å². The first-order valence-corrected chi connectivity index (χ1v) is 10.7. The summed E-state index contributed by atoms with van der Waals surface area (Å²) in [6.07, 6.45) is 0. The number of nitriles is 1. The van der Waals surface area contributed by atoms with E-state index in [0.717, 1.165) is 10.7 Å². The minimum absolute atomic E-state index is 0.0228. The van der Waals surface area contributed by atoms with Gasteiger partial charge in [-0.25, -0.2) is 17.9 Å². The van der Waals surface area contributed by atoms with E-state index in [-0.39, 0.29) is 41.5 Å². The van der Waals surface area contributed by atoms with Crippen LogP contribution in [0.5, 0.6) is 5.75 Å². The summed E-state index contributed by atoms with van der Waals surface area (Å²) in [5.74, 6) is -3.97. The number of nitrogens with zero attached hydrogens (tertiary/aromatic N) is 4. The van der Waals surface area contributed by atoms with Crippen molar-refractivity contribution < 1.29 is 22.7 Å². The number of carbonyl (C=O) groups excluding carboxylic acids is 1. The highest BCUT2D eigenvalue weighted by Gasteiger charge is 2.49. The summed E-state index contributed by atoms with van der Waals surface area (Å²) >= 11 is 0. The maximum atomic E-state index is 14.5. The molecule has 0 spiro atoms. The molecule has 182 valence electrons. The Bertz CT molecular complexity index is 1300. The minimum atomic E-state index is -3.04. The fraction of sp³-hybridized carbons (Fsp3) is 0.292. The topological polar surface area (TPSA) is 109 Å². The number of halogens is 3. The van der Waals surface area contributed by atoms with E-state index in [2.05, 4.69) is 10.4 Å². The molecule has 0 radical (unpaired) electrons. The Morgan fingerprint density at radius 3 is 2.63 bits per heavy atom. The first kappa shape index (κ1) is 24.1. The largest absolute Gasteiger partial charge is 0.496 e. The lowest BCUT2D eigenvalue weighted by Gasteiger charge is -2.19. The maximum absolute atomic E-state index is 14.5. The molecule has 1 amide bonds. The summed E-state index contributed by atoms with van der Waals surface area (Å²) < 4.78 is 48.6. The monoisotopic (exact) mass is 484 g/mol. The number of benzene rings is 2. The Labute approximate surface area is 199 Å². The second-order valence-electron chi connectivity index (χ2n) is 8.36. The molecule has 8 nitrogen and oxygen atoms in total. The number of alkyl halides is 2. The first-order chi connectivity index (χ1) is 16.6. The average Bonchev–Trinajstić information content (AvgIpc) is 3.30. The lowest BCUT2D eigenvalue weighted by atomic mass is 10.1. The number of carbonyl (C=O) groups is 1. The van der Waals surface area contributed by atoms with Crippen LogP contribution in [0.3, 0.4) is 0 Å². The quantitative estimate of drug-likeness (QED) is 0.556. The SMILES string of the molecule is COc1ccc(F)cc1C(=O)NCc1ccc(-c2nn(C3CN(C)CC3(F)F)c(N)c2C#N)cc1. The number of likely N-dealkylation sites (tertiary alicyclic amines) is 1. The molecule has 0 aliphatic carbocycles. The molecule has 3 aromatic rings. The Kier molecular flexibility index (Phi) is 6.41. The number of rotatable bonds is 6. The fourth-order valence-corrected chi connectivity index (χ4v) is 4.13. The zero-order valence-electron chi connectivity index (χ0n) is 19.1. The van der Waals surface area contributed by atoms with Gasteiger partial charge in [-0.1, -0.05) is 24.3 Å². The molecular formula is C24H23F3N6O2. The lowest BCUT2D eigenvalue weighted by molar-refractivity contribution is -0.0232. The Morgan fingerprint density at radius 2 is 2.03 bits per heavy atom. The van der Waals surface area contributed by atoms with E-state index >= 15 is 0 Å². The van der Waals surface area contributed by atoms with Crippen LogP contribution in [-0.2, 0) is 6.54 Å². The van der Waals surface area contributed by atoms with E-state index in [0.29, 0.717) is 11.1 Å². The van der Waals surface area contributed by atoms with Gasteiger partial charge in [0.25, 0.3) is 11.8 Å². The minimum Gasteiger partial charge on any atom is -0.496 e. The molecule has 1 unspecified atom stereocenters. The van der Waals surface area contributed by atoms with Gasteiger partial charge in [-0.2, -0.15) is 10.4 Å². The molecule has 1 aliphatic heterocycles. The van der Waals surface area contributed by atoms with Gasteiger partial charge in [0.15, 0.2) is 0 Å². The highest BCUT2D eigenvalue weighted by Crippen LogP contribution is 2.39. The summed E-state index contributed by atoms with van der Waals surface area (Å²) in [7, 11) is 2.97. The van der Waals surface area contributed by atoms with Gasteiger partial charge in [0.1, 0.15) is 40.8 Å². The zero-order valence-corrected chi connectivity index (χ0v) is 19.1. The van der Waals surface area contributed by atoms with Gasteiger partial charge in [0.05, 0.1) is 19.2 Å². The van der Waals surface area contributed by atoms with Gasteiger partial charge in [-0.3, -0.25) is 9.69 Å². The second kappa shape index (κ2) is 9.31. The van der Waals surface area contributed by atoms with Crippen molar-refractivity contribution in [3.05, 3.63) is 65.0 Å². The van der Waals surface area contributed by atoms with Crippen LogP contribution in [-0.4, -0.2) is 53.8 Å². The molecule has 3 N–H and O–H groups in total. The molecule has 11 heteroatoms. The van der Waals surface area contributed by atoms with Crippen LogP contribution < -0.4 is 15.8 Å². The highest BCUT2D eigenvalue weighted by molar-refractivity contribution is 5.96. The number of methoxy groups -OCH3 is 1. The third kappa shape index (κ3) is 4.65. The molecule has 2 aromatic carbocycles. The summed E-state index contributed by atoms with van der Waals surface area (Å²) in [5.41, 5.74) is 7.57. The summed E-state index contributed by atoms with van der Waals surface area (Å²) in [5, 5.41) is 16.6. The lowest BCUT2D eigenvalue weighted by Crippen LogP contribution is -2.31. The number of amides is 1.